The first-order chi connectivity index (χ1) is 16.2. The van der Waals surface area contributed by atoms with Crippen molar-refractivity contribution in [2.45, 2.75) is 78.7 Å². The van der Waals surface area contributed by atoms with Crippen LogP contribution in [0.1, 0.15) is 85.8 Å². The van der Waals surface area contributed by atoms with E-state index in [9.17, 15) is 19.2 Å². The number of Topliss-reactive ketones (excluding diaryl/α,β-unsaturated/α-hetero) is 1. The van der Waals surface area contributed by atoms with Gasteiger partial charge in [-0.15, -0.1) is 0 Å². The van der Waals surface area contributed by atoms with Gasteiger partial charge in [0, 0.05) is 30.4 Å². The van der Waals surface area contributed by atoms with Crippen LogP contribution in [0.5, 0.6) is 11.5 Å². The zero-order valence-electron chi connectivity index (χ0n) is 20.7. The number of ketones is 1. The van der Waals surface area contributed by atoms with Gasteiger partial charge in [-0.05, 0) is 52.0 Å². The van der Waals surface area contributed by atoms with Crippen LogP contribution in [0.4, 0.5) is 0 Å². The third kappa shape index (κ3) is 7.17. The summed E-state index contributed by atoms with van der Waals surface area (Å²) in [7, 11) is 2.88. The number of unbranched alkanes of at least 4 members (excludes halogenated alkanes) is 2. The Morgan fingerprint density at radius 3 is 2.29 bits per heavy atom. The van der Waals surface area contributed by atoms with Gasteiger partial charge in [0.1, 0.15) is 23.7 Å². The SMILES string of the molecule is COC(=O)CC/C(C)=C/Cc1c(OC)c(C)c2c(c1OC(=O)CCCCCC(C)=O)C(=O)OC2. The molecule has 0 amide bonds. The second-order valence-corrected chi connectivity index (χ2v) is 8.46. The number of cyclic esters (lactones) is 1. The van der Waals surface area contributed by atoms with Gasteiger partial charge < -0.3 is 23.7 Å². The second-order valence-electron chi connectivity index (χ2n) is 8.46. The molecular weight excluding hydrogens is 440 g/mol. The van der Waals surface area contributed by atoms with Crippen LogP contribution >= 0.6 is 0 Å². The molecule has 1 heterocycles. The number of carbonyl (C=O) groups excluding carboxylic acids is 4. The summed E-state index contributed by atoms with van der Waals surface area (Å²) in [5, 5.41) is 0. The van der Waals surface area contributed by atoms with E-state index in [1.807, 2.05) is 19.9 Å². The Morgan fingerprint density at radius 1 is 0.941 bits per heavy atom. The van der Waals surface area contributed by atoms with E-state index in [1.54, 1.807) is 6.92 Å². The smallest absolute Gasteiger partial charge is 0.342 e. The zero-order chi connectivity index (χ0) is 25.3. The summed E-state index contributed by atoms with van der Waals surface area (Å²) in [4.78, 5) is 47.7. The minimum absolute atomic E-state index is 0.0975. The number of allylic oxidation sites excluding steroid dienone is 2. The predicted molar refractivity (Wildman–Crippen MR) is 125 cm³/mol. The molecule has 0 bridgehead atoms. The Labute approximate surface area is 200 Å². The summed E-state index contributed by atoms with van der Waals surface area (Å²) in [6.07, 6.45) is 5.77. The lowest BCUT2D eigenvalue weighted by Gasteiger charge is -2.19. The molecule has 0 atom stereocenters. The van der Waals surface area contributed by atoms with Crippen LogP contribution in [-0.4, -0.2) is 37.9 Å². The highest BCUT2D eigenvalue weighted by atomic mass is 16.6. The summed E-state index contributed by atoms with van der Waals surface area (Å²) in [5.41, 5.74) is 3.22. The van der Waals surface area contributed by atoms with Crippen LogP contribution in [0.25, 0.3) is 0 Å². The number of hydrogen-bond donors (Lipinski definition) is 0. The maximum atomic E-state index is 12.7. The minimum atomic E-state index is -0.530. The van der Waals surface area contributed by atoms with E-state index in [4.69, 9.17) is 14.2 Å². The Balaban J connectivity index is 2.29. The summed E-state index contributed by atoms with van der Waals surface area (Å²) < 4.78 is 21.3. The first-order valence-corrected chi connectivity index (χ1v) is 11.5. The van der Waals surface area contributed by atoms with Gasteiger partial charge in [-0.2, -0.15) is 0 Å². The van der Waals surface area contributed by atoms with Crippen molar-refractivity contribution < 1.29 is 38.1 Å². The van der Waals surface area contributed by atoms with Crippen LogP contribution in [0, 0.1) is 6.92 Å². The highest BCUT2D eigenvalue weighted by Gasteiger charge is 2.34. The fourth-order valence-electron chi connectivity index (χ4n) is 3.89. The number of carbonyl (C=O) groups is 4. The molecule has 1 aromatic carbocycles. The summed E-state index contributed by atoms with van der Waals surface area (Å²) in [6.45, 7) is 5.39. The monoisotopic (exact) mass is 474 g/mol. The molecule has 2 rings (SSSR count). The van der Waals surface area contributed by atoms with Crippen molar-refractivity contribution in [3.8, 4) is 11.5 Å². The highest BCUT2D eigenvalue weighted by molar-refractivity contribution is 5.99. The lowest BCUT2D eigenvalue weighted by molar-refractivity contribution is -0.140. The van der Waals surface area contributed by atoms with Crippen molar-refractivity contribution in [3.05, 3.63) is 33.9 Å². The van der Waals surface area contributed by atoms with E-state index in [0.717, 1.165) is 24.0 Å². The Morgan fingerprint density at radius 2 is 1.65 bits per heavy atom. The second kappa shape index (κ2) is 12.9. The molecule has 8 nitrogen and oxygen atoms in total. The maximum absolute atomic E-state index is 12.7. The standard InChI is InChI=1S/C26H34O8/c1-16(12-14-21(28)31-4)11-13-19-24(32-5)18(3)20-15-33-26(30)23(20)25(19)34-22(29)10-8-6-7-9-17(2)27/h11H,6-10,12-15H2,1-5H3/b16-11+. The Bertz CT molecular complexity index is 974. The molecule has 0 radical (unpaired) electrons. The van der Waals surface area contributed by atoms with Crippen LogP contribution in [0.15, 0.2) is 11.6 Å². The molecular formula is C26H34O8. The van der Waals surface area contributed by atoms with Crippen molar-refractivity contribution >= 4 is 23.7 Å². The minimum Gasteiger partial charge on any atom is -0.496 e. The lowest BCUT2D eigenvalue weighted by atomic mass is 9.94. The van der Waals surface area contributed by atoms with Crippen molar-refractivity contribution in [2.24, 2.45) is 0 Å². The molecule has 0 spiro atoms. The van der Waals surface area contributed by atoms with E-state index in [2.05, 4.69) is 4.74 Å². The predicted octanol–water partition coefficient (Wildman–Crippen LogP) is 4.56. The largest absolute Gasteiger partial charge is 0.496 e. The number of methoxy groups -OCH3 is 2. The quantitative estimate of drug-likeness (QED) is 0.177. The van der Waals surface area contributed by atoms with E-state index in [1.165, 1.54) is 14.2 Å². The molecule has 0 fully saturated rings. The summed E-state index contributed by atoms with van der Waals surface area (Å²) >= 11 is 0. The van der Waals surface area contributed by atoms with Gasteiger partial charge in [0.2, 0.25) is 0 Å². The third-order valence-electron chi connectivity index (χ3n) is 5.86. The molecule has 34 heavy (non-hydrogen) atoms. The Kier molecular flexibility index (Phi) is 10.3. The van der Waals surface area contributed by atoms with E-state index in [0.29, 0.717) is 42.6 Å². The molecule has 0 saturated heterocycles. The fraction of sp³-hybridized carbons (Fsp3) is 0.538. The van der Waals surface area contributed by atoms with Gasteiger partial charge >= 0.3 is 17.9 Å². The molecule has 0 aromatic heterocycles. The summed E-state index contributed by atoms with van der Waals surface area (Å²) in [6, 6.07) is 0. The molecule has 0 N–H and O–H groups in total. The van der Waals surface area contributed by atoms with Crippen molar-refractivity contribution in [1.29, 1.82) is 0 Å². The van der Waals surface area contributed by atoms with Gasteiger partial charge in [0.25, 0.3) is 0 Å². The number of hydrogen-bond acceptors (Lipinski definition) is 8. The third-order valence-corrected chi connectivity index (χ3v) is 5.86. The summed E-state index contributed by atoms with van der Waals surface area (Å²) in [5.74, 6) is -0.438. The van der Waals surface area contributed by atoms with Crippen molar-refractivity contribution in [1.82, 2.24) is 0 Å². The zero-order valence-corrected chi connectivity index (χ0v) is 20.7. The van der Waals surface area contributed by atoms with Crippen LogP contribution in [0.2, 0.25) is 0 Å². The highest BCUT2D eigenvalue weighted by Crippen LogP contribution is 2.43. The van der Waals surface area contributed by atoms with Gasteiger partial charge in [-0.1, -0.05) is 18.1 Å². The van der Waals surface area contributed by atoms with Crippen molar-refractivity contribution in [2.75, 3.05) is 14.2 Å². The average Bonchev–Trinajstić information content (AvgIpc) is 3.19. The van der Waals surface area contributed by atoms with E-state index >= 15 is 0 Å². The molecule has 186 valence electrons. The number of benzene rings is 1. The normalized spacial score (nSPS) is 12.7. The number of ether oxygens (including phenoxy) is 4. The average molecular weight is 475 g/mol. The van der Waals surface area contributed by atoms with Crippen molar-refractivity contribution in [3.63, 3.8) is 0 Å². The van der Waals surface area contributed by atoms with Gasteiger partial charge in [-0.3, -0.25) is 9.59 Å². The number of esters is 3. The van der Waals surface area contributed by atoms with Gasteiger partial charge in [0.05, 0.1) is 14.2 Å². The molecule has 8 heteroatoms. The molecule has 1 aliphatic heterocycles. The van der Waals surface area contributed by atoms with Crippen LogP contribution in [-0.2, 0) is 36.9 Å². The molecule has 0 unspecified atom stereocenters. The van der Waals surface area contributed by atoms with Crippen LogP contribution < -0.4 is 9.47 Å². The lowest BCUT2D eigenvalue weighted by Crippen LogP contribution is -2.14. The van der Waals surface area contributed by atoms with Crippen LogP contribution in [0.3, 0.4) is 0 Å². The number of rotatable bonds is 13. The van der Waals surface area contributed by atoms with E-state index in [-0.39, 0.29) is 42.5 Å². The first kappa shape index (κ1) is 27.1. The first-order valence-electron chi connectivity index (χ1n) is 11.5. The topological polar surface area (TPSA) is 105 Å². The van der Waals surface area contributed by atoms with E-state index < -0.39 is 11.9 Å². The molecule has 1 aliphatic rings. The maximum Gasteiger partial charge on any atom is 0.342 e. The number of fused-ring (bicyclic) bond motifs is 1. The fourth-order valence-corrected chi connectivity index (χ4v) is 3.89. The van der Waals surface area contributed by atoms with Gasteiger partial charge in [0.15, 0.2) is 5.75 Å². The van der Waals surface area contributed by atoms with Gasteiger partial charge in [-0.25, -0.2) is 4.79 Å². The molecule has 0 aliphatic carbocycles. The molecule has 1 aromatic rings. The Hall–Kier alpha value is -3.16. The molecule has 0 saturated carbocycles.